The van der Waals surface area contributed by atoms with Crippen LogP contribution in [0.4, 0.5) is 4.39 Å². The average Bonchev–Trinajstić information content (AvgIpc) is 2.49. The molecular formula is C17H29Cl2FN2O. The van der Waals surface area contributed by atoms with E-state index >= 15 is 0 Å². The molecule has 3 nitrogen and oxygen atoms in total. The molecule has 0 saturated carbocycles. The molecule has 1 fully saturated rings. The van der Waals surface area contributed by atoms with Gasteiger partial charge in [-0.2, -0.15) is 0 Å². The molecule has 0 radical (unpaired) electrons. The summed E-state index contributed by atoms with van der Waals surface area (Å²) in [4.78, 5) is 2.51. The van der Waals surface area contributed by atoms with Crippen LogP contribution < -0.4 is 10.1 Å². The molecule has 23 heavy (non-hydrogen) atoms. The second-order valence-electron chi connectivity index (χ2n) is 6.17. The second-order valence-corrected chi connectivity index (χ2v) is 6.17. The van der Waals surface area contributed by atoms with Gasteiger partial charge in [-0.25, -0.2) is 4.39 Å². The zero-order valence-corrected chi connectivity index (χ0v) is 15.8. The first kappa shape index (κ1) is 22.4. The number of nitrogens with one attached hydrogen (secondary N) is 1. The Hall–Kier alpha value is -0.550. The van der Waals surface area contributed by atoms with Gasteiger partial charge in [0.1, 0.15) is 0 Å². The van der Waals surface area contributed by atoms with Crippen LogP contribution >= 0.6 is 24.8 Å². The van der Waals surface area contributed by atoms with Crippen molar-refractivity contribution in [2.45, 2.75) is 32.7 Å². The smallest absolute Gasteiger partial charge is 0.165 e. The van der Waals surface area contributed by atoms with Crippen molar-refractivity contribution in [2.75, 3.05) is 33.3 Å². The van der Waals surface area contributed by atoms with Crippen LogP contribution in [0.1, 0.15) is 38.3 Å². The highest BCUT2D eigenvalue weighted by Gasteiger charge is 2.23. The number of halogens is 3. The molecule has 2 rings (SSSR count). The highest BCUT2D eigenvalue weighted by Crippen LogP contribution is 2.31. The average molecular weight is 367 g/mol. The SMILES string of the molecule is COc1cc([C@@H](CCC(C)C)N2CCNCC2)ccc1F.Cl.Cl. The Bertz CT molecular complexity index is 454. The van der Waals surface area contributed by atoms with E-state index in [1.165, 1.54) is 19.6 Å². The maximum atomic E-state index is 13.6. The lowest BCUT2D eigenvalue weighted by molar-refractivity contribution is 0.159. The molecule has 1 aliphatic heterocycles. The van der Waals surface area contributed by atoms with E-state index in [4.69, 9.17) is 4.74 Å². The Morgan fingerprint density at radius 1 is 1.17 bits per heavy atom. The third kappa shape index (κ3) is 6.46. The van der Waals surface area contributed by atoms with Crippen LogP contribution in [0.25, 0.3) is 0 Å². The normalized spacial score (nSPS) is 16.4. The van der Waals surface area contributed by atoms with E-state index in [0.717, 1.165) is 38.2 Å². The van der Waals surface area contributed by atoms with Gasteiger partial charge in [-0.3, -0.25) is 4.90 Å². The third-order valence-corrected chi connectivity index (χ3v) is 4.17. The van der Waals surface area contributed by atoms with Crippen LogP contribution in [0.3, 0.4) is 0 Å². The van der Waals surface area contributed by atoms with E-state index in [9.17, 15) is 4.39 Å². The van der Waals surface area contributed by atoms with Gasteiger partial charge in [-0.05, 0) is 36.5 Å². The van der Waals surface area contributed by atoms with Crippen LogP contribution in [0, 0.1) is 11.7 Å². The van der Waals surface area contributed by atoms with Crippen molar-refractivity contribution >= 4 is 24.8 Å². The fraction of sp³-hybridized carbons (Fsp3) is 0.647. The lowest BCUT2D eigenvalue weighted by Crippen LogP contribution is -2.45. The molecule has 1 atom stereocenters. The molecule has 0 amide bonds. The van der Waals surface area contributed by atoms with Crippen molar-refractivity contribution in [3.63, 3.8) is 0 Å². The summed E-state index contributed by atoms with van der Waals surface area (Å²) in [6, 6.07) is 5.65. The minimum absolute atomic E-state index is 0. The molecule has 1 aromatic rings. The molecule has 0 aromatic heterocycles. The fourth-order valence-electron chi connectivity index (χ4n) is 2.93. The molecule has 1 saturated heterocycles. The summed E-state index contributed by atoms with van der Waals surface area (Å²) >= 11 is 0. The molecule has 1 aliphatic rings. The Balaban J connectivity index is 0.00000242. The molecule has 1 aromatic carbocycles. The van der Waals surface area contributed by atoms with E-state index in [1.54, 1.807) is 0 Å². The summed E-state index contributed by atoms with van der Waals surface area (Å²) in [5, 5.41) is 3.39. The van der Waals surface area contributed by atoms with Crippen molar-refractivity contribution < 1.29 is 9.13 Å². The predicted molar refractivity (Wildman–Crippen MR) is 98.7 cm³/mol. The molecule has 0 aliphatic carbocycles. The molecule has 0 spiro atoms. The maximum Gasteiger partial charge on any atom is 0.165 e. The van der Waals surface area contributed by atoms with Gasteiger partial charge in [0.05, 0.1) is 7.11 Å². The van der Waals surface area contributed by atoms with Gasteiger partial charge < -0.3 is 10.1 Å². The summed E-state index contributed by atoms with van der Waals surface area (Å²) in [5.41, 5.74) is 1.16. The number of hydrogen-bond donors (Lipinski definition) is 1. The number of hydrogen-bond acceptors (Lipinski definition) is 3. The molecular weight excluding hydrogens is 338 g/mol. The van der Waals surface area contributed by atoms with E-state index in [-0.39, 0.29) is 30.6 Å². The number of methoxy groups -OCH3 is 1. The van der Waals surface area contributed by atoms with Crippen LogP contribution in [-0.4, -0.2) is 38.2 Å². The van der Waals surface area contributed by atoms with Crippen molar-refractivity contribution in [3.8, 4) is 5.75 Å². The van der Waals surface area contributed by atoms with Gasteiger partial charge in [0.25, 0.3) is 0 Å². The van der Waals surface area contributed by atoms with E-state index < -0.39 is 0 Å². The van der Waals surface area contributed by atoms with Crippen molar-refractivity contribution in [3.05, 3.63) is 29.6 Å². The zero-order valence-electron chi connectivity index (χ0n) is 14.2. The Labute approximate surface area is 151 Å². The largest absolute Gasteiger partial charge is 0.494 e. The van der Waals surface area contributed by atoms with E-state index in [2.05, 4.69) is 24.1 Å². The number of ether oxygens (including phenoxy) is 1. The monoisotopic (exact) mass is 366 g/mol. The first-order chi connectivity index (χ1) is 10.1. The highest BCUT2D eigenvalue weighted by atomic mass is 35.5. The summed E-state index contributed by atoms with van der Waals surface area (Å²) in [7, 11) is 1.52. The first-order valence-corrected chi connectivity index (χ1v) is 7.90. The molecule has 1 N–H and O–H groups in total. The van der Waals surface area contributed by atoms with Crippen LogP contribution in [-0.2, 0) is 0 Å². The summed E-state index contributed by atoms with van der Waals surface area (Å²) in [6.07, 6.45) is 2.28. The number of rotatable bonds is 6. The van der Waals surface area contributed by atoms with Crippen molar-refractivity contribution in [2.24, 2.45) is 5.92 Å². The summed E-state index contributed by atoms with van der Waals surface area (Å²) in [6.45, 7) is 8.64. The molecule has 134 valence electrons. The first-order valence-electron chi connectivity index (χ1n) is 7.90. The topological polar surface area (TPSA) is 24.5 Å². The van der Waals surface area contributed by atoms with Gasteiger partial charge in [0.15, 0.2) is 11.6 Å². The summed E-state index contributed by atoms with van der Waals surface area (Å²) < 4.78 is 18.8. The predicted octanol–water partition coefficient (Wildman–Crippen LogP) is 4.06. The molecule has 0 bridgehead atoms. The maximum absolute atomic E-state index is 13.6. The van der Waals surface area contributed by atoms with Gasteiger partial charge in [-0.1, -0.05) is 19.9 Å². The van der Waals surface area contributed by atoms with Gasteiger partial charge in [0.2, 0.25) is 0 Å². The second kappa shape index (κ2) is 11.1. The third-order valence-electron chi connectivity index (χ3n) is 4.17. The zero-order chi connectivity index (χ0) is 15.2. The highest BCUT2D eigenvalue weighted by molar-refractivity contribution is 5.85. The molecule has 0 unspecified atom stereocenters. The van der Waals surface area contributed by atoms with Crippen molar-refractivity contribution in [1.29, 1.82) is 0 Å². The molecule has 1 heterocycles. The van der Waals surface area contributed by atoms with E-state index in [0.29, 0.717) is 17.7 Å². The van der Waals surface area contributed by atoms with Gasteiger partial charge >= 0.3 is 0 Å². The van der Waals surface area contributed by atoms with Crippen molar-refractivity contribution in [1.82, 2.24) is 10.2 Å². The lowest BCUT2D eigenvalue weighted by atomic mass is 9.95. The quantitative estimate of drug-likeness (QED) is 0.821. The number of nitrogens with zero attached hydrogens (tertiary/aromatic N) is 1. The van der Waals surface area contributed by atoms with Gasteiger partial charge in [-0.15, -0.1) is 24.8 Å². The Morgan fingerprint density at radius 3 is 2.39 bits per heavy atom. The lowest BCUT2D eigenvalue weighted by Gasteiger charge is -2.35. The van der Waals surface area contributed by atoms with Crippen LogP contribution in [0.5, 0.6) is 5.75 Å². The Kier molecular flexibility index (Phi) is 10.8. The minimum Gasteiger partial charge on any atom is -0.494 e. The standard InChI is InChI=1S/C17H27FN2O.2ClH/c1-13(2)4-7-16(20-10-8-19-9-11-20)14-5-6-15(18)17(12-14)21-3;;/h5-6,12-13,16,19H,4,7-11H2,1-3H3;2*1H/t16-;;/m1../s1. The summed E-state index contributed by atoms with van der Waals surface area (Å²) in [5.74, 6) is 0.735. The van der Waals surface area contributed by atoms with E-state index in [1.807, 2.05) is 12.1 Å². The van der Waals surface area contributed by atoms with Gasteiger partial charge in [0, 0.05) is 32.2 Å². The number of piperazine rings is 1. The number of benzene rings is 1. The molecule has 6 heteroatoms. The van der Waals surface area contributed by atoms with Crippen LogP contribution in [0.2, 0.25) is 0 Å². The Morgan fingerprint density at radius 2 is 1.83 bits per heavy atom. The van der Waals surface area contributed by atoms with Crippen LogP contribution in [0.15, 0.2) is 18.2 Å². The minimum atomic E-state index is -0.288. The fourth-order valence-corrected chi connectivity index (χ4v) is 2.93.